The van der Waals surface area contributed by atoms with Crippen LogP contribution < -0.4 is 5.32 Å². The zero-order valence-electron chi connectivity index (χ0n) is 12.3. The van der Waals surface area contributed by atoms with Gasteiger partial charge in [-0.2, -0.15) is 0 Å². The molecule has 1 amide bonds. The van der Waals surface area contributed by atoms with E-state index in [0.29, 0.717) is 6.42 Å². The van der Waals surface area contributed by atoms with Crippen molar-refractivity contribution in [3.63, 3.8) is 0 Å². The molecule has 5 heteroatoms. The lowest BCUT2D eigenvalue weighted by Crippen LogP contribution is -2.34. The van der Waals surface area contributed by atoms with Crippen LogP contribution in [0, 0.1) is 0 Å². The van der Waals surface area contributed by atoms with Crippen molar-refractivity contribution in [1.29, 1.82) is 0 Å². The Morgan fingerprint density at radius 2 is 1.84 bits per heavy atom. The van der Waals surface area contributed by atoms with Crippen molar-refractivity contribution >= 4 is 12.1 Å². The number of rotatable bonds is 7. The van der Waals surface area contributed by atoms with Gasteiger partial charge in [0.15, 0.2) is 0 Å². The third-order valence-corrected chi connectivity index (χ3v) is 2.27. The summed E-state index contributed by atoms with van der Waals surface area (Å²) in [6.45, 7) is 7.28. The van der Waals surface area contributed by atoms with Crippen molar-refractivity contribution in [1.82, 2.24) is 5.32 Å². The molecule has 0 fully saturated rings. The second kappa shape index (κ2) is 8.56. The van der Waals surface area contributed by atoms with E-state index in [4.69, 9.17) is 9.84 Å². The third kappa shape index (κ3) is 10.1. The summed E-state index contributed by atoms with van der Waals surface area (Å²) in [6, 6.07) is 0. The summed E-state index contributed by atoms with van der Waals surface area (Å²) in [5, 5.41) is 11.2. The molecule has 5 nitrogen and oxygen atoms in total. The predicted molar refractivity (Wildman–Crippen MR) is 73.8 cm³/mol. The molecule has 0 aliphatic rings. The Kier molecular flexibility index (Phi) is 7.87. The Bertz CT molecular complexity index is 329. The van der Waals surface area contributed by atoms with Gasteiger partial charge in [0.2, 0.25) is 0 Å². The number of carboxylic acids is 1. The molecular formula is C14H25NO4. The molecule has 19 heavy (non-hydrogen) atoms. The molecule has 2 N–H and O–H groups in total. The van der Waals surface area contributed by atoms with Crippen molar-refractivity contribution in [2.24, 2.45) is 0 Å². The number of aliphatic carboxylic acids is 1. The SMILES string of the molecule is CCCCCC/C=C(/NC(=O)OC(C)(C)C)C(=O)O. The molecule has 0 saturated carbocycles. The fourth-order valence-corrected chi connectivity index (χ4v) is 1.42. The summed E-state index contributed by atoms with van der Waals surface area (Å²) < 4.78 is 5.01. The van der Waals surface area contributed by atoms with Gasteiger partial charge in [-0.05, 0) is 33.6 Å². The second-order valence-electron chi connectivity index (χ2n) is 5.40. The molecule has 0 aliphatic heterocycles. The van der Waals surface area contributed by atoms with E-state index < -0.39 is 17.7 Å². The smallest absolute Gasteiger partial charge is 0.412 e. The minimum Gasteiger partial charge on any atom is -0.477 e. The largest absolute Gasteiger partial charge is 0.477 e. The number of hydrogen-bond donors (Lipinski definition) is 2. The molecule has 0 aromatic heterocycles. The lowest BCUT2D eigenvalue weighted by atomic mass is 10.1. The van der Waals surface area contributed by atoms with Crippen LogP contribution in [0.1, 0.15) is 59.8 Å². The number of nitrogens with one attached hydrogen (secondary N) is 1. The van der Waals surface area contributed by atoms with Crippen LogP contribution in [0.5, 0.6) is 0 Å². The van der Waals surface area contributed by atoms with Crippen molar-refractivity contribution in [3.05, 3.63) is 11.8 Å². The summed E-state index contributed by atoms with van der Waals surface area (Å²) >= 11 is 0. The maximum Gasteiger partial charge on any atom is 0.412 e. The molecule has 0 heterocycles. The van der Waals surface area contributed by atoms with E-state index in [1.807, 2.05) is 0 Å². The molecule has 110 valence electrons. The number of carbonyl (C=O) groups is 2. The van der Waals surface area contributed by atoms with E-state index in [0.717, 1.165) is 25.7 Å². The van der Waals surface area contributed by atoms with Gasteiger partial charge in [-0.25, -0.2) is 9.59 Å². The van der Waals surface area contributed by atoms with Crippen LogP contribution in [0.15, 0.2) is 11.8 Å². The van der Waals surface area contributed by atoms with Crippen LogP contribution in [0.25, 0.3) is 0 Å². The van der Waals surface area contributed by atoms with Crippen LogP contribution in [0.4, 0.5) is 4.79 Å². The van der Waals surface area contributed by atoms with Crippen LogP contribution >= 0.6 is 0 Å². The van der Waals surface area contributed by atoms with E-state index in [1.54, 1.807) is 20.8 Å². The molecule has 0 saturated heterocycles. The van der Waals surface area contributed by atoms with Gasteiger partial charge in [0.05, 0.1) is 0 Å². The quantitative estimate of drug-likeness (QED) is 0.549. The fourth-order valence-electron chi connectivity index (χ4n) is 1.42. The van der Waals surface area contributed by atoms with Gasteiger partial charge in [-0.3, -0.25) is 5.32 Å². The summed E-state index contributed by atoms with van der Waals surface area (Å²) in [4.78, 5) is 22.5. The minimum absolute atomic E-state index is 0.120. The van der Waals surface area contributed by atoms with Gasteiger partial charge in [0.25, 0.3) is 0 Å². The van der Waals surface area contributed by atoms with Gasteiger partial charge in [-0.1, -0.05) is 32.3 Å². The Morgan fingerprint density at radius 3 is 2.32 bits per heavy atom. The Labute approximate surface area is 115 Å². The van der Waals surface area contributed by atoms with E-state index in [2.05, 4.69) is 12.2 Å². The standard InChI is InChI=1S/C14H25NO4/c1-5-6-7-8-9-10-11(12(16)17)15-13(18)19-14(2,3)4/h10H,5-9H2,1-4H3,(H,15,18)(H,16,17)/b11-10+. The molecule has 0 rings (SSSR count). The minimum atomic E-state index is -1.15. The molecular weight excluding hydrogens is 246 g/mol. The van der Waals surface area contributed by atoms with Gasteiger partial charge in [0.1, 0.15) is 11.3 Å². The first kappa shape index (κ1) is 17.5. The molecule has 0 bridgehead atoms. The number of ether oxygens (including phenoxy) is 1. The number of allylic oxidation sites excluding steroid dienone is 1. The molecule has 0 aromatic rings. The fraction of sp³-hybridized carbons (Fsp3) is 0.714. The highest BCUT2D eigenvalue weighted by molar-refractivity contribution is 5.90. The van der Waals surface area contributed by atoms with Gasteiger partial charge >= 0.3 is 12.1 Å². The van der Waals surface area contributed by atoms with Gasteiger partial charge in [0, 0.05) is 0 Å². The normalized spacial score (nSPS) is 12.1. The van der Waals surface area contributed by atoms with Gasteiger partial charge < -0.3 is 9.84 Å². The van der Waals surface area contributed by atoms with E-state index in [9.17, 15) is 9.59 Å². The van der Waals surface area contributed by atoms with E-state index >= 15 is 0 Å². The molecule has 0 aromatic carbocycles. The first-order chi connectivity index (χ1) is 8.76. The average Bonchev–Trinajstić information content (AvgIpc) is 2.24. The highest BCUT2D eigenvalue weighted by Gasteiger charge is 2.18. The molecule has 0 spiro atoms. The lowest BCUT2D eigenvalue weighted by Gasteiger charge is -2.19. The average molecular weight is 271 g/mol. The summed E-state index contributed by atoms with van der Waals surface area (Å²) in [6.07, 6.45) is 5.67. The monoisotopic (exact) mass is 271 g/mol. The summed E-state index contributed by atoms with van der Waals surface area (Å²) in [5.41, 5.74) is -0.764. The highest BCUT2D eigenvalue weighted by Crippen LogP contribution is 2.08. The molecule has 0 aliphatic carbocycles. The number of carbonyl (C=O) groups excluding carboxylic acids is 1. The summed E-state index contributed by atoms with van der Waals surface area (Å²) in [5.74, 6) is -1.15. The van der Waals surface area contributed by atoms with Crippen molar-refractivity contribution in [2.45, 2.75) is 65.4 Å². The third-order valence-electron chi connectivity index (χ3n) is 2.27. The predicted octanol–water partition coefficient (Wildman–Crippen LogP) is 3.45. The Balaban J connectivity index is 4.29. The maximum absolute atomic E-state index is 11.5. The zero-order valence-corrected chi connectivity index (χ0v) is 12.3. The van der Waals surface area contributed by atoms with E-state index in [-0.39, 0.29) is 5.70 Å². The highest BCUT2D eigenvalue weighted by atomic mass is 16.6. The molecule has 0 atom stereocenters. The topological polar surface area (TPSA) is 75.6 Å². The Morgan fingerprint density at radius 1 is 1.21 bits per heavy atom. The van der Waals surface area contributed by atoms with Gasteiger partial charge in [-0.15, -0.1) is 0 Å². The van der Waals surface area contributed by atoms with Crippen LogP contribution in [0.2, 0.25) is 0 Å². The lowest BCUT2D eigenvalue weighted by molar-refractivity contribution is -0.133. The Hall–Kier alpha value is -1.52. The van der Waals surface area contributed by atoms with Crippen molar-refractivity contribution in [3.8, 4) is 0 Å². The number of alkyl carbamates (subject to hydrolysis) is 1. The van der Waals surface area contributed by atoms with Crippen LogP contribution in [-0.4, -0.2) is 22.8 Å². The first-order valence-corrected chi connectivity index (χ1v) is 6.69. The molecule has 0 radical (unpaired) electrons. The van der Waals surface area contributed by atoms with Crippen molar-refractivity contribution < 1.29 is 19.4 Å². The maximum atomic E-state index is 11.5. The number of amides is 1. The van der Waals surface area contributed by atoms with Crippen LogP contribution in [0.3, 0.4) is 0 Å². The van der Waals surface area contributed by atoms with E-state index in [1.165, 1.54) is 6.08 Å². The second-order valence-corrected chi connectivity index (χ2v) is 5.40. The number of carboxylic acid groups (broad SMARTS) is 1. The molecule has 0 unspecified atom stereocenters. The zero-order chi connectivity index (χ0) is 14.9. The van der Waals surface area contributed by atoms with Crippen molar-refractivity contribution in [2.75, 3.05) is 0 Å². The van der Waals surface area contributed by atoms with Crippen LogP contribution in [-0.2, 0) is 9.53 Å². The number of unbranched alkanes of at least 4 members (excludes halogenated alkanes) is 4. The number of hydrogen-bond acceptors (Lipinski definition) is 3. The first-order valence-electron chi connectivity index (χ1n) is 6.69. The summed E-state index contributed by atoms with van der Waals surface area (Å²) in [7, 11) is 0.